The standard InChI is InChI=1S/C10H20O3/c1-5-7-8(10(3,4)12)9(11)13-6-2/h8,12H,5-7H2,1-4H3. The minimum absolute atomic E-state index is 0.295. The maximum atomic E-state index is 11.4. The number of esters is 1. The Kier molecular flexibility index (Phi) is 4.99. The molecule has 0 spiro atoms. The molecule has 0 aliphatic carbocycles. The molecule has 0 heterocycles. The van der Waals surface area contributed by atoms with Crippen LogP contribution in [0.5, 0.6) is 0 Å². The van der Waals surface area contributed by atoms with Crippen LogP contribution in [-0.4, -0.2) is 23.3 Å². The van der Waals surface area contributed by atoms with Gasteiger partial charge in [0, 0.05) is 0 Å². The van der Waals surface area contributed by atoms with Gasteiger partial charge >= 0.3 is 5.97 Å². The fourth-order valence-electron chi connectivity index (χ4n) is 1.29. The molecule has 0 fully saturated rings. The van der Waals surface area contributed by atoms with Gasteiger partial charge in [-0.05, 0) is 27.2 Å². The lowest BCUT2D eigenvalue weighted by atomic mass is 9.87. The van der Waals surface area contributed by atoms with Crippen LogP contribution in [0.25, 0.3) is 0 Å². The summed E-state index contributed by atoms with van der Waals surface area (Å²) in [4.78, 5) is 11.4. The maximum absolute atomic E-state index is 11.4. The highest BCUT2D eigenvalue weighted by Crippen LogP contribution is 2.22. The molecule has 0 bridgehead atoms. The van der Waals surface area contributed by atoms with Crippen LogP contribution in [-0.2, 0) is 9.53 Å². The molecule has 3 heteroatoms. The molecule has 0 rings (SSSR count). The highest BCUT2D eigenvalue weighted by atomic mass is 16.5. The normalized spacial score (nSPS) is 13.9. The molecule has 0 radical (unpaired) electrons. The van der Waals surface area contributed by atoms with Gasteiger partial charge in [0.15, 0.2) is 0 Å². The minimum atomic E-state index is -0.984. The predicted octanol–water partition coefficient (Wildman–Crippen LogP) is 1.74. The van der Waals surface area contributed by atoms with E-state index in [-0.39, 0.29) is 5.97 Å². The Morgan fingerprint density at radius 3 is 2.31 bits per heavy atom. The van der Waals surface area contributed by atoms with E-state index in [0.717, 1.165) is 6.42 Å². The van der Waals surface area contributed by atoms with Crippen molar-refractivity contribution in [2.45, 2.75) is 46.1 Å². The van der Waals surface area contributed by atoms with E-state index >= 15 is 0 Å². The highest BCUT2D eigenvalue weighted by molar-refractivity contribution is 5.73. The molecule has 0 aromatic heterocycles. The second kappa shape index (κ2) is 5.22. The first-order valence-corrected chi connectivity index (χ1v) is 4.82. The molecule has 0 amide bonds. The maximum Gasteiger partial charge on any atom is 0.311 e. The van der Waals surface area contributed by atoms with Gasteiger partial charge in [0.25, 0.3) is 0 Å². The molecule has 1 N–H and O–H groups in total. The zero-order valence-electron chi connectivity index (χ0n) is 8.96. The Balaban J connectivity index is 4.33. The van der Waals surface area contributed by atoms with Crippen LogP contribution < -0.4 is 0 Å². The lowest BCUT2D eigenvalue weighted by molar-refractivity contribution is -0.156. The van der Waals surface area contributed by atoms with Crippen molar-refractivity contribution in [3.63, 3.8) is 0 Å². The third-order valence-corrected chi connectivity index (χ3v) is 2.00. The van der Waals surface area contributed by atoms with E-state index in [1.807, 2.05) is 6.92 Å². The largest absolute Gasteiger partial charge is 0.466 e. The van der Waals surface area contributed by atoms with E-state index in [9.17, 15) is 9.90 Å². The average molecular weight is 188 g/mol. The van der Waals surface area contributed by atoms with Gasteiger partial charge in [-0.15, -0.1) is 0 Å². The molecular formula is C10H20O3. The van der Waals surface area contributed by atoms with E-state index in [1.54, 1.807) is 20.8 Å². The third-order valence-electron chi connectivity index (χ3n) is 2.00. The molecule has 0 saturated heterocycles. The van der Waals surface area contributed by atoms with E-state index in [4.69, 9.17) is 4.74 Å². The van der Waals surface area contributed by atoms with Gasteiger partial charge in [0.2, 0.25) is 0 Å². The van der Waals surface area contributed by atoms with Gasteiger partial charge in [0.05, 0.1) is 18.1 Å². The van der Waals surface area contributed by atoms with E-state index in [0.29, 0.717) is 13.0 Å². The van der Waals surface area contributed by atoms with Crippen LogP contribution in [0.2, 0.25) is 0 Å². The fourth-order valence-corrected chi connectivity index (χ4v) is 1.29. The van der Waals surface area contributed by atoms with Crippen molar-refractivity contribution in [2.75, 3.05) is 6.61 Å². The number of aliphatic hydroxyl groups is 1. The van der Waals surface area contributed by atoms with Crippen LogP contribution in [0, 0.1) is 5.92 Å². The fraction of sp³-hybridized carbons (Fsp3) is 0.900. The summed E-state index contributed by atoms with van der Waals surface area (Å²) in [5.41, 5.74) is -0.984. The Labute approximate surface area is 80.1 Å². The van der Waals surface area contributed by atoms with Gasteiger partial charge < -0.3 is 9.84 Å². The van der Waals surface area contributed by atoms with Crippen molar-refractivity contribution < 1.29 is 14.6 Å². The second-order valence-corrected chi connectivity index (χ2v) is 3.75. The number of carbonyl (C=O) groups is 1. The molecule has 1 atom stereocenters. The molecule has 0 aliphatic rings. The second-order valence-electron chi connectivity index (χ2n) is 3.75. The monoisotopic (exact) mass is 188 g/mol. The number of ether oxygens (including phenoxy) is 1. The molecule has 3 nitrogen and oxygen atoms in total. The number of rotatable bonds is 5. The summed E-state index contributed by atoms with van der Waals surface area (Å²) in [6, 6.07) is 0. The zero-order chi connectivity index (χ0) is 10.5. The van der Waals surface area contributed by atoms with Crippen molar-refractivity contribution in [1.82, 2.24) is 0 Å². The van der Waals surface area contributed by atoms with Crippen molar-refractivity contribution in [3.8, 4) is 0 Å². The van der Waals surface area contributed by atoms with Gasteiger partial charge in [-0.1, -0.05) is 13.3 Å². The minimum Gasteiger partial charge on any atom is -0.466 e. The first kappa shape index (κ1) is 12.4. The summed E-state index contributed by atoms with van der Waals surface area (Å²) in [6.07, 6.45) is 1.54. The smallest absolute Gasteiger partial charge is 0.311 e. The predicted molar refractivity (Wildman–Crippen MR) is 51.3 cm³/mol. The Hall–Kier alpha value is -0.570. The molecule has 0 aromatic carbocycles. The highest BCUT2D eigenvalue weighted by Gasteiger charge is 2.33. The lowest BCUT2D eigenvalue weighted by Crippen LogP contribution is -2.37. The summed E-state index contributed by atoms with van der Waals surface area (Å²) in [7, 11) is 0. The molecular weight excluding hydrogens is 168 g/mol. The van der Waals surface area contributed by atoms with E-state index < -0.39 is 11.5 Å². The number of hydrogen-bond acceptors (Lipinski definition) is 3. The topological polar surface area (TPSA) is 46.5 Å². The third kappa shape index (κ3) is 4.27. The van der Waals surface area contributed by atoms with Crippen molar-refractivity contribution in [3.05, 3.63) is 0 Å². The molecule has 78 valence electrons. The summed E-state index contributed by atoms with van der Waals surface area (Å²) in [6.45, 7) is 7.41. The first-order chi connectivity index (χ1) is 5.93. The lowest BCUT2D eigenvalue weighted by Gasteiger charge is -2.26. The van der Waals surface area contributed by atoms with Gasteiger partial charge in [-0.2, -0.15) is 0 Å². The average Bonchev–Trinajstić information content (AvgIpc) is 1.98. The van der Waals surface area contributed by atoms with Gasteiger partial charge in [-0.3, -0.25) is 4.79 Å². The molecule has 0 saturated carbocycles. The van der Waals surface area contributed by atoms with Crippen LogP contribution >= 0.6 is 0 Å². The van der Waals surface area contributed by atoms with E-state index in [2.05, 4.69) is 0 Å². The van der Waals surface area contributed by atoms with Crippen LogP contribution in [0.15, 0.2) is 0 Å². The first-order valence-electron chi connectivity index (χ1n) is 4.82. The molecule has 0 aliphatic heterocycles. The Bertz CT molecular complexity index is 158. The van der Waals surface area contributed by atoms with Crippen molar-refractivity contribution in [2.24, 2.45) is 5.92 Å². The summed E-state index contributed by atoms with van der Waals surface area (Å²) < 4.78 is 4.88. The molecule has 0 aromatic rings. The number of hydrogen-bond donors (Lipinski definition) is 1. The zero-order valence-corrected chi connectivity index (χ0v) is 8.96. The van der Waals surface area contributed by atoms with Gasteiger partial charge in [-0.25, -0.2) is 0 Å². The Morgan fingerprint density at radius 1 is 1.46 bits per heavy atom. The Morgan fingerprint density at radius 2 is 2.00 bits per heavy atom. The van der Waals surface area contributed by atoms with Crippen LogP contribution in [0.1, 0.15) is 40.5 Å². The van der Waals surface area contributed by atoms with E-state index in [1.165, 1.54) is 0 Å². The molecule has 1 unspecified atom stereocenters. The summed E-state index contributed by atoms with van der Waals surface area (Å²) in [5.74, 6) is -0.700. The SMILES string of the molecule is CCCC(C(=O)OCC)C(C)(C)O. The van der Waals surface area contributed by atoms with Crippen molar-refractivity contribution in [1.29, 1.82) is 0 Å². The molecule has 13 heavy (non-hydrogen) atoms. The van der Waals surface area contributed by atoms with Gasteiger partial charge in [0.1, 0.15) is 0 Å². The van der Waals surface area contributed by atoms with Crippen molar-refractivity contribution >= 4 is 5.97 Å². The van der Waals surface area contributed by atoms with Crippen LogP contribution in [0.3, 0.4) is 0 Å². The van der Waals surface area contributed by atoms with Crippen LogP contribution in [0.4, 0.5) is 0 Å². The summed E-state index contributed by atoms with van der Waals surface area (Å²) >= 11 is 0. The summed E-state index contributed by atoms with van der Waals surface area (Å²) in [5, 5.41) is 9.70. The number of carbonyl (C=O) groups excluding carboxylic acids is 1. The quantitative estimate of drug-likeness (QED) is 0.668.